The van der Waals surface area contributed by atoms with E-state index >= 15 is 0 Å². The Labute approximate surface area is 96.1 Å². The zero-order chi connectivity index (χ0) is 12.8. The molecule has 0 bridgehead atoms. The highest BCUT2D eigenvalue weighted by atomic mass is 16.7. The Morgan fingerprint density at radius 3 is 2.25 bits per heavy atom. The summed E-state index contributed by atoms with van der Waals surface area (Å²) in [7, 11) is 0. The second-order valence-electron chi connectivity index (χ2n) is 4.55. The van der Waals surface area contributed by atoms with Gasteiger partial charge in [-0.1, -0.05) is 0 Å². The molecule has 5 heteroatoms. The molecule has 0 fully saturated rings. The minimum atomic E-state index is -0.804. The van der Waals surface area contributed by atoms with Crippen LogP contribution >= 0.6 is 0 Å². The molecule has 93 valence electrons. The normalized spacial score (nSPS) is 11.1. The minimum absolute atomic E-state index is 0.0801. The van der Waals surface area contributed by atoms with Crippen LogP contribution in [0.5, 0.6) is 0 Å². The zero-order valence-electron chi connectivity index (χ0n) is 10.4. The van der Waals surface area contributed by atoms with Gasteiger partial charge in [-0.05, 0) is 34.6 Å². The van der Waals surface area contributed by atoms with Gasteiger partial charge in [0.2, 0.25) is 0 Å². The van der Waals surface area contributed by atoms with E-state index in [1.807, 2.05) is 0 Å². The summed E-state index contributed by atoms with van der Waals surface area (Å²) < 4.78 is 14.1. The second kappa shape index (κ2) is 6.35. The monoisotopic (exact) mass is 231 g/mol. The van der Waals surface area contributed by atoms with E-state index in [1.165, 1.54) is 0 Å². The Morgan fingerprint density at radius 2 is 1.81 bits per heavy atom. The maximum Gasteiger partial charge on any atom is 0.509 e. The van der Waals surface area contributed by atoms with Crippen LogP contribution in [-0.2, 0) is 19.0 Å². The molecule has 0 aromatic carbocycles. The van der Waals surface area contributed by atoms with Gasteiger partial charge >= 0.3 is 12.1 Å². The summed E-state index contributed by atoms with van der Waals surface area (Å²) in [5, 5.41) is 0. The summed E-state index contributed by atoms with van der Waals surface area (Å²) in [6, 6.07) is 0. The number of ether oxygens (including phenoxy) is 3. The summed E-state index contributed by atoms with van der Waals surface area (Å²) in [5.41, 5.74) is -0.563. The SMILES string of the molecule is CC(C)OC(=O)O[CH]COC(=O)C(C)(C)C. The van der Waals surface area contributed by atoms with Crippen molar-refractivity contribution in [2.45, 2.75) is 40.7 Å². The lowest BCUT2D eigenvalue weighted by atomic mass is 9.97. The van der Waals surface area contributed by atoms with Crippen molar-refractivity contribution < 1.29 is 23.8 Å². The van der Waals surface area contributed by atoms with Crippen LogP contribution in [0.4, 0.5) is 4.79 Å². The molecule has 0 N–H and O–H groups in total. The molecule has 0 heterocycles. The molecule has 0 spiro atoms. The molecule has 0 atom stereocenters. The first-order chi connectivity index (χ1) is 7.23. The fraction of sp³-hybridized carbons (Fsp3) is 0.727. The van der Waals surface area contributed by atoms with E-state index in [0.29, 0.717) is 0 Å². The van der Waals surface area contributed by atoms with Crippen molar-refractivity contribution in [1.82, 2.24) is 0 Å². The van der Waals surface area contributed by atoms with Crippen LogP contribution in [0.1, 0.15) is 34.6 Å². The summed E-state index contributed by atoms with van der Waals surface area (Å²) in [4.78, 5) is 22.2. The largest absolute Gasteiger partial charge is 0.509 e. The van der Waals surface area contributed by atoms with Crippen molar-refractivity contribution in [3.63, 3.8) is 0 Å². The van der Waals surface area contributed by atoms with E-state index in [-0.39, 0.29) is 18.7 Å². The Hall–Kier alpha value is -1.26. The Morgan fingerprint density at radius 1 is 1.25 bits per heavy atom. The first-order valence-corrected chi connectivity index (χ1v) is 5.09. The van der Waals surface area contributed by atoms with E-state index in [9.17, 15) is 9.59 Å². The van der Waals surface area contributed by atoms with E-state index in [0.717, 1.165) is 6.61 Å². The molecule has 0 aliphatic rings. The van der Waals surface area contributed by atoms with Crippen molar-refractivity contribution in [3.05, 3.63) is 6.61 Å². The Balaban J connectivity index is 3.62. The van der Waals surface area contributed by atoms with Gasteiger partial charge in [-0.2, -0.15) is 0 Å². The molecule has 0 amide bonds. The summed E-state index contributed by atoms with van der Waals surface area (Å²) in [5.74, 6) is -0.357. The van der Waals surface area contributed by atoms with E-state index in [1.54, 1.807) is 34.6 Å². The number of esters is 1. The van der Waals surface area contributed by atoms with E-state index in [4.69, 9.17) is 9.47 Å². The molecular weight excluding hydrogens is 212 g/mol. The van der Waals surface area contributed by atoms with Crippen molar-refractivity contribution in [1.29, 1.82) is 0 Å². The summed E-state index contributed by atoms with van der Waals surface area (Å²) >= 11 is 0. The average molecular weight is 231 g/mol. The van der Waals surface area contributed by atoms with Gasteiger partial charge in [0, 0.05) is 0 Å². The lowest BCUT2D eigenvalue weighted by Gasteiger charge is -2.16. The Bertz CT molecular complexity index is 239. The molecule has 0 saturated carbocycles. The van der Waals surface area contributed by atoms with Crippen LogP contribution in [0, 0.1) is 12.0 Å². The van der Waals surface area contributed by atoms with Crippen molar-refractivity contribution in [3.8, 4) is 0 Å². The number of hydrogen-bond acceptors (Lipinski definition) is 5. The highest BCUT2D eigenvalue weighted by Crippen LogP contribution is 2.14. The molecule has 0 aromatic rings. The van der Waals surface area contributed by atoms with Gasteiger partial charge in [-0.25, -0.2) is 4.79 Å². The van der Waals surface area contributed by atoms with Gasteiger partial charge in [0.05, 0.1) is 11.5 Å². The van der Waals surface area contributed by atoms with Crippen molar-refractivity contribution in [2.75, 3.05) is 6.61 Å². The van der Waals surface area contributed by atoms with Crippen LogP contribution in [0.25, 0.3) is 0 Å². The molecule has 0 aliphatic heterocycles. The van der Waals surface area contributed by atoms with Crippen molar-refractivity contribution in [2.24, 2.45) is 5.41 Å². The smallest absolute Gasteiger partial charge is 0.461 e. The van der Waals surface area contributed by atoms with Crippen LogP contribution in [-0.4, -0.2) is 24.8 Å². The lowest BCUT2D eigenvalue weighted by Crippen LogP contribution is -2.24. The zero-order valence-corrected chi connectivity index (χ0v) is 10.4. The molecule has 0 aromatic heterocycles. The third-order valence-electron chi connectivity index (χ3n) is 1.41. The third-order valence-corrected chi connectivity index (χ3v) is 1.41. The van der Waals surface area contributed by atoms with Gasteiger partial charge < -0.3 is 14.2 Å². The lowest BCUT2D eigenvalue weighted by molar-refractivity contribution is -0.153. The highest BCUT2D eigenvalue weighted by Gasteiger charge is 2.22. The first kappa shape index (κ1) is 14.7. The summed E-state index contributed by atoms with van der Waals surface area (Å²) in [6.45, 7) is 9.65. The molecule has 0 unspecified atom stereocenters. The van der Waals surface area contributed by atoms with Gasteiger partial charge in [-0.15, -0.1) is 0 Å². The van der Waals surface area contributed by atoms with E-state index < -0.39 is 11.6 Å². The molecule has 16 heavy (non-hydrogen) atoms. The molecule has 0 aliphatic carbocycles. The van der Waals surface area contributed by atoms with Crippen LogP contribution in [0.2, 0.25) is 0 Å². The Kier molecular flexibility index (Phi) is 5.85. The minimum Gasteiger partial charge on any atom is -0.461 e. The third kappa shape index (κ3) is 7.09. The fourth-order valence-corrected chi connectivity index (χ4v) is 0.649. The van der Waals surface area contributed by atoms with Gasteiger partial charge in [0.25, 0.3) is 0 Å². The van der Waals surface area contributed by atoms with Gasteiger partial charge in [0.1, 0.15) is 6.61 Å². The molecule has 0 saturated heterocycles. The summed E-state index contributed by atoms with van der Waals surface area (Å²) in [6.07, 6.45) is -1.04. The number of carbonyl (C=O) groups excluding carboxylic acids is 2. The topological polar surface area (TPSA) is 61.8 Å². The molecule has 0 rings (SSSR count). The standard InChI is InChI=1S/C11H19O5/c1-8(2)16-10(13)15-7-6-14-9(12)11(3,4)5/h7-8H,6H2,1-5H3. The quantitative estimate of drug-likeness (QED) is 0.548. The molecular formula is C11H19O5. The highest BCUT2D eigenvalue weighted by molar-refractivity contribution is 5.75. The van der Waals surface area contributed by atoms with E-state index in [2.05, 4.69) is 4.74 Å². The first-order valence-electron chi connectivity index (χ1n) is 5.09. The second-order valence-corrected chi connectivity index (χ2v) is 4.55. The number of rotatable bonds is 4. The van der Waals surface area contributed by atoms with Crippen LogP contribution < -0.4 is 0 Å². The molecule has 5 nitrogen and oxygen atoms in total. The maximum absolute atomic E-state index is 11.3. The average Bonchev–Trinajstić information content (AvgIpc) is 2.09. The van der Waals surface area contributed by atoms with Gasteiger partial charge in [0.15, 0.2) is 6.61 Å². The van der Waals surface area contributed by atoms with Gasteiger partial charge in [-0.3, -0.25) is 4.79 Å². The van der Waals surface area contributed by atoms with Crippen LogP contribution in [0.15, 0.2) is 0 Å². The predicted molar refractivity (Wildman–Crippen MR) is 57.4 cm³/mol. The van der Waals surface area contributed by atoms with Crippen LogP contribution in [0.3, 0.4) is 0 Å². The number of hydrogen-bond donors (Lipinski definition) is 0. The van der Waals surface area contributed by atoms with Crippen molar-refractivity contribution >= 4 is 12.1 Å². The molecule has 1 radical (unpaired) electrons. The fourth-order valence-electron chi connectivity index (χ4n) is 0.649. The number of carbonyl (C=O) groups is 2. The maximum atomic E-state index is 11.3. The predicted octanol–water partition coefficient (Wildman–Crippen LogP) is 2.30.